The first-order chi connectivity index (χ1) is 5.70. The lowest BCUT2D eigenvalue weighted by atomic mass is 10.0. The normalized spacial score (nSPS) is 27.2. The zero-order valence-electron chi connectivity index (χ0n) is 8.59. The van der Waals surface area contributed by atoms with Gasteiger partial charge >= 0.3 is 0 Å². The molecule has 1 rings (SSSR count). The monoisotopic (exact) mass is 167 g/mol. The smallest absolute Gasteiger partial charge is 0.0275 e. The van der Waals surface area contributed by atoms with Gasteiger partial charge in [-0.3, -0.25) is 4.90 Å². The first-order valence-corrected chi connectivity index (χ1v) is 5.08. The predicted molar refractivity (Wildman–Crippen MR) is 54.2 cm³/mol. The molecule has 1 atom stereocenters. The molecule has 0 aromatic heterocycles. The first kappa shape index (κ1) is 9.79. The molecular weight excluding hydrogens is 146 g/mol. The Balaban J connectivity index is 2.38. The van der Waals surface area contributed by atoms with Crippen LogP contribution in [0.3, 0.4) is 0 Å². The van der Waals surface area contributed by atoms with E-state index in [1.54, 1.807) is 0 Å². The summed E-state index contributed by atoms with van der Waals surface area (Å²) in [5, 5.41) is 0. The van der Waals surface area contributed by atoms with Crippen molar-refractivity contribution in [1.82, 2.24) is 4.90 Å². The van der Waals surface area contributed by atoms with Crippen molar-refractivity contribution < 1.29 is 0 Å². The molecule has 0 spiro atoms. The van der Waals surface area contributed by atoms with Gasteiger partial charge in [-0.2, -0.15) is 0 Å². The van der Waals surface area contributed by atoms with Crippen LogP contribution in [0.25, 0.3) is 0 Å². The van der Waals surface area contributed by atoms with E-state index in [9.17, 15) is 0 Å². The Bertz CT molecular complexity index is 149. The maximum absolute atomic E-state index is 2.46. The molecule has 1 aliphatic heterocycles. The molecular formula is C11H21N. The van der Waals surface area contributed by atoms with Gasteiger partial charge in [0, 0.05) is 6.04 Å². The van der Waals surface area contributed by atoms with Crippen LogP contribution in [0.4, 0.5) is 0 Å². The summed E-state index contributed by atoms with van der Waals surface area (Å²) in [5.41, 5.74) is 0. The molecule has 12 heavy (non-hydrogen) atoms. The third-order valence-electron chi connectivity index (χ3n) is 2.55. The molecule has 1 fully saturated rings. The molecule has 0 aliphatic carbocycles. The average molecular weight is 167 g/mol. The van der Waals surface area contributed by atoms with Gasteiger partial charge in [-0.05, 0) is 32.4 Å². The second-order valence-electron chi connectivity index (χ2n) is 4.17. The minimum Gasteiger partial charge on any atom is -0.300 e. The summed E-state index contributed by atoms with van der Waals surface area (Å²) in [7, 11) is 2.23. The molecule has 1 saturated heterocycles. The Hall–Kier alpha value is -0.300. The Morgan fingerprint density at radius 2 is 2.08 bits per heavy atom. The topological polar surface area (TPSA) is 3.24 Å². The fraction of sp³-hybridized carbons (Fsp3) is 0.818. The zero-order valence-corrected chi connectivity index (χ0v) is 8.59. The van der Waals surface area contributed by atoms with Crippen LogP contribution in [0, 0.1) is 5.92 Å². The standard InChI is InChI=1S/C11H21N/c1-10(2)7-8-11-6-4-5-9-12(11)3/h7-8,10-11H,4-6,9H2,1-3H3/b8-7+. The van der Waals surface area contributed by atoms with Crippen molar-refractivity contribution in [3.63, 3.8) is 0 Å². The largest absolute Gasteiger partial charge is 0.300 e. The molecule has 70 valence electrons. The van der Waals surface area contributed by atoms with Crippen LogP contribution in [0.1, 0.15) is 33.1 Å². The van der Waals surface area contributed by atoms with E-state index in [0.717, 1.165) is 0 Å². The summed E-state index contributed by atoms with van der Waals surface area (Å²) >= 11 is 0. The van der Waals surface area contributed by atoms with E-state index in [1.165, 1.54) is 25.8 Å². The van der Waals surface area contributed by atoms with Crippen molar-refractivity contribution in [3.05, 3.63) is 12.2 Å². The van der Waals surface area contributed by atoms with Crippen LogP contribution in [-0.4, -0.2) is 24.5 Å². The van der Waals surface area contributed by atoms with Crippen molar-refractivity contribution >= 4 is 0 Å². The Morgan fingerprint density at radius 3 is 2.67 bits per heavy atom. The maximum atomic E-state index is 2.46. The van der Waals surface area contributed by atoms with Crippen LogP contribution >= 0.6 is 0 Å². The van der Waals surface area contributed by atoms with Crippen molar-refractivity contribution in [2.24, 2.45) is 5.92 Å². The number of likely N-dealkylation sites (tertiary alicyclic amines) is 1. The molecule has 0 aromatic rings. The summed E-state index contributed by atoms with van der Waals surface area (Å²) in [6.07, 6.45) is 8.83. The van der Waals surface area contributed by atoms with E-state index < -0.39 is 0 Å². The third kappa shape index (κ3) is 2.98. The number of allylic oxidation sites excluding steroid dienone is 1. The number of rotatable bonds is 2. The Kier molecular flexibility index (Phi) is 3.80. The average Bonchev–Trinajstić information content (AvgIpc) is 2.03. The van der Waals surface area contributed by atoms with E-state index >= 15 is 0 Å². The molecule has 0 radical (unpaired) electrons. The lowest BCUT2D eigenvalue weighted by Crippen LogP contribution is -2.34. The van der Waals surface area contributed by atoms with Gasteiger partial charge in [0.1, 0.15) is 0 Å². The van der Waals surface area contributed by atoms with Crippen LogP contribution in [0.5, 0.6) is 0 Å². The SMILES string of the molecule is CC(C)/C=C/C1CCCCN1C. The minimum atomic E-state index is 0.695. The number of nitrogens with zero attached hydrogens (tertiary/aromatic N) is 1. The van der Waals surface area contributed by atoms with Gasteiger partial charge in [0.2, 0.25) is 0 Å². The Morgan fingerprint density at radius 1 is 1.33 bits per heavy atom. The molecule has 0 bridgehead atoms. The van der Waals surface area contributed by atoms with Crippen LogP contribution in [0.2, 0.25) is 0 Å². The quantitative estimate of drug-likeness (QED) is 0.572. The lowest BCUT2D eigenvalue weighted by Gasteiger charge is -2.30. The number of hydrogen-bond acceptors (Lipinski definition) is 1. The highest BCUT2D eigenvalue weighted by atomic mass is 15.1. The predicted octanol–water partition coefficient (Wildman–Crippen LogP) is 2.68. The van der Waals surface area contributed by atoms with Crippen molar-refractivity contribution in [3.8, 4) is 0 Å². The molecule has 1 heterocycles. The second-order valence-corrected chi connectivity index (χ2v) is 4.17. The summed E-state index contributed by atoms with van der Waals surface area (Å²) in [6, 6.07) is 0.709. The first-order valence-electron chi connectivity index (χ1n) is 5.08. The van der Waals surface area contributed by atoms with E-state index in [-0.39, 0.29) is 0 Å². The number of hydrogen-bond donors (Lipinski definition) is 0. The lowest BCUT2D eigenvalue weighted by molar-refractivity contribution is 0.221. The highest BCUT2D eigenvalue weighted by Gasteiger charge is 2.15. The fourth-order valence-corrected chi connectivity index (χ4v) is 1.69. The second kappa shape index (κ2) is 4.66. The molecule has 0 aromatic carbocycles. The van der Waals surface area contributed by atoms with Gasteiger partial charge in [0.15, 0.2) is 0 Å². The van der Waals surface area contributed by atoms with Crippen molar-refractivity contribution in [1.29, 1.82) is 0 Å². The minimum absolute atomic E-state index is 0.695. The maximum Gasteiger partial charge on any atom is 0.0275 e. The molecule has 0 N–H and O–H groups in total. The van der Waals surface area contributed by atoms with E-state index in [0.29, 0.717) is 12.0 Å². The summed E-state index contributed by atoms with van der Waals surface area (Å²) in [5.74, 6) is 0.695. The molecule has 0 saturated carbocycles. The fourth-order valence-electron chi connectivity index (χ4n) is 1.69. The van der Waals surface area contributed by atoms with Crippen LogP contribution in [-0.2, 0) is 0 Å². The summed E-state index contributed by atoms with van der Waals surface area (Å²) in [4.78, 5) is 2.46. The van der Waals surface area contributed by atoms with Crippen LogP contribution in [0.15, 0.2) is 12.2 Å². The van der Waals surface area contributed by atoms with E-state index in [1.807, 2.05) is 0 Å². The van der Waals surface area contributed by atoms with Gasteiger partial charge < -0.3 is 0 Å². The molecule has 1 aliphatic rings. The van der Waals surface area contributed by atoms with Gasteiger partial charge in [0.05, 0.1) is 0 Å². The number of likely N-dealkylation sites (N-methyl/N-ethyl adjacent to an activating group) is 1. The third-order valence-corrected chi connectivity index (χ3v) is 2.55. The van der Waals surface area contributed by atoms with Gasteiger partial charge in [-0.1, -0.05) is 32.4 Å². The number of piperidine rings is 1. The van der Waals surface area contributed by atoms with Crippen LogP contribution < -0.4 is 0 Å². The van der Waals surface area contributed by atoms with Crippen molar-refractivity contribution in [2.45, 2.75) is 39.2 Å². The van der Waals surface area contributed by atoms with Crippen molar-refractivity contribution in [2.75, 3.05) is 13.6 Å². The van der Waals surface area contributed by atoms with Gasteiger partial charge in [-0.15, -0.1) is 0 Å². The molecule has 0 amide bonds. The highest BCUT2D eigenvalue weighted by Crippen LogP contribution is 2.16. The van der Waals surface area contributed by atoms with E-state index in [4.69, 9.17) is 0 Å². The summed E-state index contributed by atoms with van der Waals surface area (Å²) < 4.78 is 0. The highest BCUT2D eigenvalue weighted by molar-refractivity contribution is 4.96. The molecule has 1 nitrogen and oxygen atoms in total. The molecule has 1 heteroatoms. The van der Waals surface area contributed by atoms with Gasteiger partial charge in [-0.25, -0.2) is 0 Å². The Labute approximate surface area is 76.5 Å². The summed E-state index contributed by atoms with van der Waals surface area (Å²) in [6.45, 7) is 5.74. The zero-order chi connectivity index (χ0) is 8.97. The molecule has 1 unspecified atom stereocenters. The van der Waals surface area contributed by atoms with E-state index in [2.05, 4.69) is 37.9 Å². The van der Waals surface area contributed by atoms with Gasteiger partial charge in [0.25, 0.3) is 0 Å².